The number of amides is 1. The highest BCUT2D eigenvalue weighted by atomic mass is 16.5. The second kappa shape index (κ2) is 9.34. The fourth-order valence-corrected chi connectivity index (χ4v) is 3.08. The Kier molecular flexibility index (Phi) is 6.61. The van der Waals surface area contributed by atoms with E-state index in [1.807, 2.05) is 38.1 Å². The van der Waals surface area contributed by atoms with E-state index in [2.05, 4.69) is 9.97 Å². The molecule has 0 aliphatic carbocycles. The minimum atomic E-state index is -0.226. The normalized spacial score (nSPS) is 10.9. The fraction of sp³-hybridized carbons (Fsp3) is 0.318. The van der Waals surface area contributed by atoms with E-state index in [1.54, 1.807) is 30.2 Å². The maximum atomic E-state index is 12.8. The molecule has 0 unspecified atom stereocenters. The monoisotopic (exact) mass is 395 g/mol. The molecule has 1 heterocycles. The molecule has 0 spiro atoms. The molecule has 0 saturated carbocycles. The predicted molar refractivity (Wildman–Crippen MR) is 111 cm³/mol. The van der Waals surface area contributed by atoms with E-state index in [0.29, 0.717) is 35.6 Å². The van der Waals surface area contributed by atoms with Gasteiger partial charge in [-0.3, -0.25) is 9.59 Å². The number of H-pyrrole nitrogens is 1. The number of nitrogens with zero attached hydrogens (tertiary/aromatic N) is 2. The van der Waals surface area contributed by atoms with Crippen molar-refractivity contribution < 1.29 is 14.3 Å². The number of aromatic nitrogens is 2. The highest BCUT2D eigenvalue weighted by Crippen LogP contribution is 2.18. The molecular formula is C22H25N3O4. The number of nitrogens with one attached hydrogen (secondary N) is 1. The molecule has 0 saturated heterocycles. The standard InChI is InChI=1S/C22H25N3O4/c1-15-8-9-19(16(2)12-15)29-14-21(26)25(10-11-28-3)13-20-23-18-7-5-4-6-17(18)22(27)24-20/h4-9,12H,10-11,13-14H2,1-3H3,(H,23,24,27). The zero-order valence-corrected chi connectivity index (χ0v) is 16.9. The summed E-state index contributed by atoms with van der Waals surface area (Å²) in [5.41, 5.74) is 2.48. The van der Waals surface area contributed by atoms with Crippen molar-refractivity contribution >= 4 is 16.8 Å². The molecule has 1 N–H and O–H groups in total. The number of para-hydroxylation sites is 1. The molecule has 0 aliphatic heterocycles. The molecular weight excluding hydrogens is 370 g/mol. The average Bonchev–Trinajstić information content (AvgIpc) is 2.70. The van der Waals surface area contributed by atoms with Gasteiger partial charge in [-0.05, 0) is 37.6 Å². The first-order valence-corrected chi connectivity index (χ1v) is 9.42. The lowest BCUT2D eigenvalue weighted by Gasteiger charge is -2.22. The molecule has 0 bridgehead atoms. The third-order valence-corrected chi connectivity index (χ3v) is 4.60. The van der Waals surface area contributed by atoms with Crippen LogP contribution in [-0.2, 0) is 16.1 Å². The molecule has 1 amide bonds. The van der Waals surface area contributed by atoms with Gasteiger partial charge in [0.15, 0.2) is 6.61 Å². The summed E-state index contributed by atoms with van der Waals surface area (Å²) in [5, 5.41) is 0.518. The lowest BCUT2D eigenvalue weighted by Crippen LogP contribution is -2.37. The van der Waals surface area contributed by atoms with Gasteiger partial charge in [0.1, 0.15) is 11.6 Å². The van der Waals surface area contributed by atoms with Crippen LogP contribution >= 0.6 is 0 Å². The van der Waals surface area contributed by atoms with Crippen LogP contribution < -0.4 is 10.3 Å². The summed E-state index contributed by atoms with van der Waals surface area (Å²) < 4.78 is 10.8. The molecule has 2 aromatic carbocycles. The Hall–Kier alpha value is -3.19. The first-order valence-electron chi connectivity index (χ1n) is 9.42. The number of carbonyl (C=O) groups is 1. The highest BCUT2D eigenvalue weighted by Gasteiger charge is 2.17. The Balaban J connectivity index is 1.75. The number of carbonyl (C=O) groups excluding carboxylic acids is 1. The lowest BCUT2D eigenvalue weighted by molar-refractivity contribution is -0.134. The van der Waals surface area contributed by atoms with Crippen LogP contribution in [0.5, 0.6) is 5.75 Å². The Morgan fingerprint density at radius 1 is 1.17 bits per heavy atom. The fourth-order valence-electron chi connectivity index (χ4n) is 3.08. The van der Waals surface area contributed by atoms with Crippen molar-refractivity contribution in [3.63, 3.8) is 0 Å². The minimum absolute atomic E-state index is 0.106. The number of methoxy groups -OCH3 is 1. The van der Waals surface area contributed by atoms with Crippen molar-refractivity contribution in [3.05, 3.63) is 69.8 Å². The summed E-state index contributed by atoms with van der Waals surface area (Å²) >= 11 is 0. The first kappa shape index (κ1) is 20.5. The van der Waals surface area contributed by atoms with Crippen LogP contribution in [0.4, 0.5) is 0 Å². The molecule has 0 aliphatic rings. The Labute approximate surface area is 169 Å². The Morgan fingerprint density at radius 3 is 2.72 bits per heavy atom. The topological polar surface area (TPSA) is 84.5 Å². The molecule has 7 nitrogen and oxygen atoms in total. The van der Waals surface area contributed by atoms with Gasteiger partial charge in [0.25, 0.3) is 11.5 Å². The largest absolute Gasteiger partial charge is 0.484 e. The summed E-state index contributed by atoms with van der Waals surface area (Å²) in [6.45, 7) is 4.74. The van der Waals surface area contributed by atoms with E-state index in [4.69, 9.17) is 9.47 Å². The van der Waals surface area contributed by atoms with Gasteiger partial charge >= 0.3 is 0 Å². The van der Waals surface area contributed by atoms with Crippen molar-refractivity contribution in [2.75, 3.05) is 26.9 Å². The summed E-state index contributed by atoms with van der Waals surface area (Å²) in [6.07, 6.45) is 0. The molecule has 3 rings (SSSR count). The van der Waals surface area contributed by atoms with Crippen LogP contribution in [0.25, 0.3) is 10.9 Å². The van der Waals surface area contributed by atoms with Crippen molar-refractivity contribution in [1.82, 2.24) is 14.9 Å². The number of rotatable bonds is 8. The second-order valence-electron chi connectivity index (χ2n) is 6.90. The van der Waals surface area contributed by atoms with Gasteiger partial charge in [-0.25, -0.2) is 4.98 Å². The number of hydrogen-bond donors (Lipinski definition) is 1. The van der Waals surface area contributed by atoms with Crippen LogP contribution in [-0.4, -0.2) is 47.6 Å². The average molecular weight is 395 g/mol. The molecule has 0 atom stereocenters. The smallest absolute Gasteiger partial charge is 0.260 e. The van der Waals surface area contributed by atoms with Crippen LogP contribution in [0.15, 0.2) is 47.3 Å². The van der Waals surface area contributed by atoms with Gasteiger partial charge in [0, 0.05) is 13.7 Å². The van der Waals surface area contributed by atoms with Gasteiger partial charge in [0.2, 0.25) is 0 Å². The first-order chi connectivity index (χ1) is 14.0. The molecule has 29 heavy (non-hydrogen) atoms. The summed E-state index contributed by atoms with van der Waals surface area (Å²) in [7, 11) is 1.57. The zero-order valence-electron chi connectivity index (χ0n) is 16.9. The van der Waals surface area contributed by atoms with Crippen LogP contribution in [0.2, 0.25) is 0 Å². The molecule has 7 heteroatoms. The molecule has 3 aromatic rings. The van der Waals surface area contributed by atoms with Crippen LogP contribution in [0, 0.1) is 13.8 Å². The SMILES string of the molecule is COCCN(Cc1nc2ccccc2c(=O)[nH]1)C(=O)COc1ccc(C)cc1C. The third kappa shape index (κ3) is 5.20. The third-order valence-electron chi connectivity index (χ3n) is 4.60. The molecule has 1 aromatic heterocycles. The van der Waals surface area contributed by atoms with Crippen molar-refractivity contribution in [2.45, 2.75) is 20.4 Å². The van der Waals surface area contributed by atoms with E-state index >= 15 is 0 Å². The summed E-state index contributed by atoms with van der Waals surface area (Å²) in [6, 6.07) is 12.9. The number of hydrogen-bond acceptors (Lipinski definition) is 5. The van der Waals surface area contributed by atoms with E-state index in [-0.39, 0.29) is 24.6 Å². The molecule has 0 radical (unpaired) electrons. The number of fused-ring (bicyclic) bond motifs is 1. The number of aryl methyl sites for hydroxylation is 2. The summed E-state index contributed by atoms with van der Waals surface area (Å²) in [4.78, 5) is 33.9. The van der Waals surface area contributed by atoms with Gasteiger partial charge < -0.3 is 19.4 Å². The predicted octanol–water partition coefficient (Wildman–Crippen LogP) is 2.59. The number of ether oxygens (including phenoxy) is 2. The molecule has 152 valence electrons. The van der Waals surface area contributed by atoms with E-state index < -0.39 is 0 Å². The summed E-state index contributed by atoms with van der Waals surface area (Å²) in [5.74, 6) is 0.885. The van der Waals surface area contributed by atoms with Gasteiger partial charge in [-0.1, -0.05) is 29.8 Å². The van der Waals surface area contributed by atoms with Crippen molar-refractivity contribution in [3.8, 4) is 5.75 Å². The van der Waals surface area contributed by atoms with Crippen LogP contribution in [0.3, 0.4) is 0 Å². The van der Waals surface area contributed by atoms with Crippen LogP contribution in [0.1, 0.15) is 17.0 Å². The maximum absolute atomic E-state index is 12.8. The lowest BCUT2D eigenvalue weighted by atomic mass is 10.1. The quantitative estimate of drug-likeness (QED) is 0.634. The minimum Gasteiger partial charge on any atom is -0.484 e. The van der Waals surface area contributed by atoms with Gasteiger partial charge in [0.05, 0.1) is 24.1 Å². The Morgan fingerprint density at radius 2 is 1.97 bits per heavy atom. The zero-order chi connectivity index (χ0) is 20.8. The number of benzene rings is 2. The van der Waals surface area contributed by atoms with E-state index in [1.165, 1.54) is 0 Å². The Bertz CT molecular complexity index is 1060. The molecule has 0 fully saturated rings. The highest BCUT2D eigenvalue weighted by molar-refractivity contribution is 5.78. The van der Waals surface area contributed by atoms with Gasteiger partial charge in [-0.15, -0.1) is 0 Å². The number of aromatic amines is 1. The van der Waals surface area contributed by atoms with E-state index in [0.717, 1.165) is 11.1 Å². The van der Waals surface area contributed by atoms with Crippen molar-refractivity contribution in [1.29, 1.82) is 0 Å². The van der Waals surface area contributed by atoms with Gasteiger partial charge in [-0.2, -0.15) is 0 Å². The van der Waals surface area contributed by atoms with E-state index in [9.17, 15) is 9.59 Å². The second-order valence-corrected chi connectivity index (χ2v) is 6.90. The maximum Gasteiger partial charge on any atom is 0.260 e. The van der Waals surface area contributed by atoms with Crippen molar-refractivity contribution in [2.24, 2.45) is 0 Å².